The van der Waals surface area contributed by atoms with Crippen LogP contribution in [-0.2, 0) is 17.8 Å². The van der Waals surface area contributed by atoms with Gasteiger partial charge in [-0.2, -0.15) is 0 Å². The monoisotopic (exact) mass is 537 g/mol. The fourth-order valence-corrected chi connectivity index (χ4v) is 5.62. The third kappa shape index (κ3) is 6.07. The van der Waals surface area contributed by atoms with Crippen molar-refractivity contribution in [3.8, 4) is 22.6 Å². The Labute approximate surface area is 237 Å². The molecule has 0 aromatic heterocycles. The summed E-state index contributed by atoms with van der Waals surface area (Å²) in [7, 11) is 1.66. The molecule has 4 aromatic carbocycles. The van der Waals surface area contributed by atoms with Gasteiger partial charge in [-0.05, 0) is 46.9 Å². The van der Waals surface area contributed by atoms with Gasteiger partial charge in [0.1, 0.15) is 6.23 Å². The highest BCUT2D eigenvalue weighted by molar-refractivity contribution is 5.63. The second-order valence-electron chi connectivity index (χ2n) is 10.8. The second kappa shape index (κ2) is 12.7. The lowest BCUT2D eigenvalue weighted by atomic mass is 9.71. The molecule has 2 N–H and O–H groups in total. The number of hydrogen-bond acceptors (Lipinski definition) is 5. The van der Waals surface area contributed by atoms with Crippen molar-refractivity contribution in [1.29, 1.82) is 0 Å². The number of methoxy groups -OCH3 is 1. The van der Waals surface area contributed by atoms with E-state index in [9.17, 15) is 5.11 Å². The highest BCUT2D eigenvalue weighted by Gasteiger charge is 2.51. The fraction of sp³-hybridized carbons (Fsp3) is 0.314. The maximum Gasteiger partial charge on any atom is 0.161 e. The number of benzene rings is 4. The van der Waals surface area contributed by atoms with E-state index in [2.05, 4.69) is 85.0 Å². The van der Waals surface area contributed by atoms with E-state index in [-0.39, 0.29) is 12.1 Å². The molecule has 0 bridgehead atoms. The van der Waals surface area contributed by atoms with Gasteiger partial charge in [-0.3, -0.25) is 5.32 Å². The summed E-state index contributed by atoms with van der Waals surface area (Å²) in [5.74, 6) is 1.44. The molecule has 0 amide bonds. The highest BCUT2D eigenvalue weighted by Crippen LogP contribution is 2.47. The van der Waals surface area contributed by atoms with Crippen LogP contribution in [-0.4, -0.2) is 37.7 Å². The molecule has 5 nitrogen and oxygen atoms in total. The van der Waals surface area contributed by atoms with Crippen molar-refractivity contribution < 1.29 is 19.3 Å². The number of hydrogen-bond donors (Lipinski definition) is 2. The van der Waals surface area contributed by atoms with Crippen LogP contribution in [0.1, 0.15) is 36.5 Å². The normalized spacial score (nSPS) is 21.2. The molecule has 1 unspecified atom stereocenters. The van der Waals surface area contributed by atoms with Crippen molar-refractivity contribution in [1.82, 2.24) is 5.32 Å². The zero-order chi connectivity index (χ0) is 28.0. The lowest BCUT2D eigenvalue weighted by Gasteiger charge is -2.38. The molecule has 4 aromatic rings. The average Bonchev–Trinajstić information content (AvgIpc) is 3.34. The van der Waals surface area contributed by atoms with Gasteiger partial charge in [0.05, 0.1) is 26.4 Å². The molecule has 1 aliphatic rings. The molecule has 1 fully saturated rings. The molecule has 0 spiro atoms. The minimum absolute atomic E-state index is 0.0343. The molecule has 5 heteroatoms. The first kappa shape index (κ1) is 27.9. The van der Waals surface area contributed by atoms with Gasteiger partial charge >= 0.3 is 0 Å². The van der Waals surface area contributed by atoms with Gasteiger partial charge in [0.2, 0.25) is 0 Å². The van der Waals surface area contributed by atoms with E-state index in [1.54, 1.807) is 7.11 Å². The van der Waals surface area contributed by atoms with Crippen molar-refractivity contribution in [3.63, 3.8) is 0 Å². The van der Waals surface area contributed by atoms with Gasteiger partial charge in [-0.15, -0.1) is 0 Å². The summed E-state index contributed by atoms with van der Waals surface area (Å²) in [5.41, 5.74) is 5.30. The van der Waals surface area contributed by atoms with Crippen LogP contribution in [0.5, 0.6) is 11.5 Å². The molecule has 4 atom stereocenters. The zero-order valence-electron chi connectivity index (χ0n) is 23.5. The van der Waals surface area contributed by atoms with E-state index in [1.807, 2.05) is 37.3 Å². The summed E-state index contributed by atoms with van der Waals surface area (Å²) < 4.78 is 18.2. The molecular weight excluding hydrogens is 498 g/mol. The molecular formula is C35H39NO4. The van der Waals surface area contributed by atoms with E-state index >= 15 is 0 Å². The molecule has 1 aliphatic heterocycles. The lowest BCUT2D eigenvalue weighted by molar-refractivity contribution is -0.0917. The third-order valence-electron chi connectivity index (χ3n) is 8.28. The smallest absolute Gasteiger partial charge is 0.161 e. The predicted octanol–water partition coefficient (Wildman–Crippen LogP) is 6.60. The molecule has 0 aliphatic carbocycles. The summed E-state index contributed by atoms with van der Waals surface area (Å²) in [6.07, 6.45) is -0.0875. The van der Waals surface area contributed by atoms with Crippen LogP contribution in [0.3, 0.4) is 0 Å². The van der Waals surface area contributed by atoms with Crippen molar-refractivity contribution >= 4 is 0 Å². The quantitative estimate of drug-likeness (QED) is 0.226. The Bertz CT molecular complexity index is 1360. The summed E-state index contributed by atoms with van der Waals surface area (Å²) in [6, 6.07) is 35.2. The lowest BCUT2D eigenvalue weighted by Crippen LogP contribution is -2.45. The third-order valence-corrected chi connectivity index (χ3v) is 8.28. The zero-order valence-corrected chi connectivity index (χ0v) is 23.5. The van der Waals surface area contributed by atoms with Gasteiger partial charge in [-0.1, -0.05) is 97.9 Å². The fourth-order valence-electron chi connectivity index (χ4n) is 5.62. The standard InChI is InChI=1S/C35H39NO4/c1-25(37)35(2)31(23-36-34(35)40-24-27-10-6-4-7-11-27)30-18-19-32(38-3)33(22-30)39-21-20-26-14-16-29(17-15-26)28-12-8-5-9-13-28/h4-19,22,25,31,34,36-37H,20-21,23-24H2,1-3H3/t25-,31+,34?,35-/m1/s1. The SMILES string of the molecule is COc1ccc([C@@H]2CNC(OCc3ccccc3)[C@]2(C)[C@@H](C)O)cc1OCCc1ccc(-c2ccccc2)cc1. The minimum Gasteiger partial charge on any atom is -0.493 e. The Morgan fingerprint density at radius 3 is 2.20 bits per heavy atom. The Hall–Kier alpha value is -3.64. The van der Waals surface area contributed by atoms with Gasteiger partial charge < -0.3 is 19.3 Å². The van der Waals surface area contributed by atoms with Crippen LogP contribution in [0.15, 0.2) is 103 Å². The Morgan fingerprint density at radius 1 is 0.850 bits per heavy atom. The van der Waals surface area contributed by atoms with E-state index in [0.717, 1.165) is 17.5 Å². The summed E-state index contributed by atoms with van der Waals surface area (Å²) in [5, 5.41) is 14.5. The van der Waals surface area contributed by atoms with Crippen LogP contribution in [0, 0.1) is 5.41 Å². The Kier molecular flexibility index (Phi) is 8.85. The van der Waals surface area contributed by atoms with Crippen LogP contribution < -0.4 is 14.8 Å². The molecule has 1 saturated heterocycles. The molecule has 0 radical (unpaired) electrons. The predicted molar refractivity (Wildman–Crippen MR) is 160 cm³/mol. The average molecular weight is 538 g/mol. The molecule has 1 heterocycles. The van der Waals surface area contributed by atoms with Crippen molar-refractivity contribution in [2.24, 2.45) is 5.41 Å². The van der Waals surface area contributed by atoms with Gasteiger partial charge in [-0.25, -0.2) is 0 Å². The molecule has 0 saturated carbocycles. The Morgan fingerprint density at radius 2 is 1.52 bits per heavy atom. The topological polar surface area (TPSA) is 60.0 Å². The maximum atomic E-state index is 11.0. The van der Waals surface area contributed by atoms with Gasteiger partial charge in [0.25, 0.3) is 0 Å². The largest absolute Gasteiger partial charge is 0.493 e. The van der Waals surface area contributed by atoms with Crippen LogP contribution >= 0.6 is 0 Å². The minimum atomic E-state index is -0.585. The summed E-state index contributed by atoms with van der Waals surface area (Å²) >= 11 is 0. The van der Waals surface area contributed by atoms with Crippen LogP contribution in [0.4, 0.5) is 0 Å². The molecule has 5 rings (SSSR count). The number of aliphatic hydroxyl groups is 1. The van der Waals surface area contributed by atoms with E-state index in [4.69, 9.17) is 14.2 Å². The van der Waals surface area contributed by atoms with Crippen LogP contribution in [0.25, 0.3) is 11.1 Å². The van der Waals surface area contributed by atoms with Gasteiger partial charge in [0, 0.05) is 24.3 Å². The second-order valence-corrected chi connectivity index (χ2v) is 10.8. The highest BCUT2D eigenvalue weighted by atomic mass is 16.5. The summed E-state index contributed by atoms with van der Waals surface area (Å²) in [4.78, 5) is 0. The number of rotatable bonds is 11. The first-order valence-electron chi connectivity index (χ1n) is 14.0. The first-order valence-corrected chi connectivity index (χ1v) is 14.0. The maximum absolute atomic E-state index is 11.0. The van der Waals surface area contributed by atoms with Crippen molar-refractivity contribution in [2.45, 2.75) is 45.1 Å². The molecule has 208 valence electrons. The van der Waals surface area contributed by atoms with Crippen LogP contribution in [0.2, 0.25) is 0 Å². The Balaban J connectivity index is 1.26. The summed E-state index contributed by atoms with van der Waals surface area (Å²) in [6.45, 7) is 5.66. The first-order chi connectivity index (χ1) is 19.5. The number of nitrogens with one attached hydrogen (secondary N) is 1. The van der Waals surface area contributed by atoms with Gasteiger partial charge in [0.15, 0.2) is 11.5 Å². The van der Waals surface area contributed by atoms with E-state index in [1.165, 1.54) is 16.7 Å². The molecule has 40 heavy (non-hydrogen) atoms. The van der Waals surface area contributed by atoms with Crippen molar-refractivity contribution in [3.05, 3.63) is 120 Å². The van der Waals surface area contributed by atoms with E-state index in [0.29, 0.717) is 31.3 Å². The number of aliphatic hydroxyl groups excluding tert-OH is 1. The van der Waals surface area contributed by atoms with Crippen molar-refractivity contribution in [2.75, 3.05) is 20.3 Å². The van der Waals surface area contributed by atoms with E-state index < -0.39 is 11.5 Å². The number of ether oxygens (including phenoxy) is 3.